The van der Waals surface area contributed by atoms with Gasteiger partial charge in [0.15, 0.2) is 0 Å². The topological polar surface area (TPSA) is 34.9 Å². The number of halogens is 1. The van der Waals surface area contributed by atoms with Gasteiger partial charge in [-0.05, 0) is 42.1 Å². The summed E-state index contributed by atoms with van der Waals surface area (Å²) in [7, 11) is 0. The van der Waals surface area contributed by atoms with Crippen molar-refractivity contribution in [2.75, 3.05) is 0 Å². The Morgan fingerprint density at radius 3 is 2.94 bits per heavy atom. The van der Waals surface area contributed by atoms with Crippen LogP contribution in [0.4, 0.5) is 0 Å². The van der Waals surface area contributed by atoms with E-state index >= 15 is 0 Å². The molecule has 1 rings (SSSR count). The number of allylic oxidation sites excluding steroid dienone is 1. The minimum absolute atomic E-state index is 0.0104. The summed E-state index contributed by atoms with van der Waals surface area (Å²) in [4.78, 5) is 15.9. The molecule has 4 heteroatoms. The van der Waals surface area contributed by atoms with Crippen LogP contribution in [0.5, 0.6) is 0 Å². The van der Waals surface area contributed by atoms with Crippen LogP contribution >= 0.6 is 15.9 Å². The largest absolute Gasteiger partial charge is 0.296 e. The Bertz CT molecular complexity index is 412. The maximum Gasteiger partial charge on any atom is 0.267 e. The zero-order chi connectivity index (χ0) is 12.0. The molecule has 16 heavy (non-hydrogen) atoms. The number of aryl methyl sites for hydroxylation is 1. The highest BCUT2D eigenvalue weighted by atomic mass is 79.9. The molecule has 1 aromatic heterocycles. The molecule has 3 nitrogen and oxygen atoms in total. The molecule has 0 aromatic carbocycles. The average molecular weight is 285 g/mol. The number of unbranched alkanes of at least 4 members (excludes halogenated alkanes) is 3. The van der Waals surface area contributed by atoms with Crippen molar-refractivity contribution in [3.05, 3.63) is 39.5 Å². The van der Waals surface area contributed by atoms with Crippen molar-refractivity contribution >= 4 is 15.9 Å². The number of nitrogens with zero attached hydrogens (tertiary/aromatic N) is 2. The van der Waals surface area contributed by atoms with Crippen molar-refractivity contribution in [2.45, 2.75) is 39.2 Å². The molecule has 0 saturated heterocycles. The summed E-state index contributed by atoms with van der Waals surface area (Å²) in [6, 6.07) is 0. The average Bonchev–Trinajstić information content (AvgIpc) is 2.28. The summed E-state index contributed by atoms with van der Waals surface area (Å²) in [5.41, 5.74) is 0.0104. The van der Waals surface area contributed by atoms with Crippen molar-refractivity contribution in [1.29, 1.82) is 0 Å². The van der Waals surface area contributed by atoms with E-state index < -0.39 is 0 Å². The summed E-state index contributed by atoms with van der Waals surface area (Å²) < 4.78 is 2.25. The standard InChI is InChI=1S/C12H17BrN2O/c1-3-4-5-6-7-8-15-10(2)14-9-11(13)12(15)16/h3,9H,1,4-8H2,2H3. The summed E-state index contributed by atoms with van der Waals surface area (Å²) in [5, 5.41) is 0. The molecule has 0 spiro atoms. The molecule has 0 amide bonds. The van der Waals surface area contributed by atoms with Crippen LogP contribution in [-0.2, 0) is 6.54 Å². The molecule has 0 bridgehead atoms. The van der Waals surface area contributed by atoms with Crippen LogP contribution in [-0.4, -0.2) is 9.55 Å². The van der Waals surface area contributed by atoms with E-state index in [1.807, 2.05) is 13.0 Å². The van der Waals surface area contributed by atoms with Gasteiger partial charge in [0.25, 0.3) is 5.56 Å². The second-order valence-electron chi connectivity index (χ2n) is 3.75. The van der Waals surface area contributed by atoms with Gasteiger partial charge in [0.2, 0.25) is 0 Å². The fourth-order valence-corrected chi connectivity index (χ4v) is 1.87. The van der Waals surface area contributed by atoms with E-state index in [9.17, 15) is 4.79 Å². The third kappa shape index (κ3) is 3.59. The molecule has 0 unspecified atom stereocenters. The Labute approximate surface area is 104 Å². The molecule has 0 aliphatic carbocycles. The molecule has 0 aliphatic rings. The first-order valence-electron chi connectivity index (χ1n) is 5.49. The number of hydrogen-bond acceptors (Lipinski definition) is 2. The predicted octanol–water partition coefficient (Wildman–Crippen LogP) is 3.06. The Morgan fingerprint density at radius 1 is 1.50 bits per heavy atom. The molecule has 0 saturated carbocycles. The molecule has 1 aromatic rings. The highest BCUT2D eigenvalue weighted by Crippen LogP contribution is 2.05. The molecule has 0 fully saturated rings. The molecule has 0 aliphatic heterocycles. The highest BCUT2D eigenvalue weighted by Gasteiger charge is 2.04. The maximum absolute atomic E-state index is 11.8. The minimum Gasteiger partial charge on any atom is -0.296 e. The van der Waals surface area contributed by atoms with Crippen LogP contribution in [0.2, 0.25) is 0 Å². The van der Waals surface area contributed by atoms with Crippen molar-refractivity contribution in [3.8, 4) is 0 Å². The van der Waals surface area contributed by atoms with E-state index in [-0.39, 0.29) is 5.56 Å². The fourth-order valence-electron chi connectivity index (χ4n) is 1.55. The van der Waals surface area contributed by atoms with Gasteiger partial charge in [0.1, 0.15) is 10.3 Å². The zero-order valence-electron chi connectivity index (χ0n) is 9.58. The van der Waals surface area contributed by atoms with Crippen LogP contribution in [0.15, 0.2) is 28.1 Å². The monoisotopic (exact) mass is 284 g/mol. The van der Waals surface area contributed by atoms with Crippen LogP contribution in [0.1, 0.15) is 31.5 Å². The van der Waals surface area contributed by atoms with Gasteiger partial charge in [0, 0.05) is 12.7 Å². The molecule has 1 heterocycles. The normalized spacial score (nSPS) is 10.4. The Kier molecular flexibility index (Phi) is 5.46. The van der Waals surface area contributed by atoms with E-state index in [1.54, 1.807) is 10.8 Å². The zero-order valence-corrected chi connectivity index (χ0v) is 11.2. The van der Waals surface area contributed by atoms with E-state index in [0.29, 0.717) is 4.47 Å². The number of aromatic nitrogens is 2. The summed E-state index contributed by atoms with van der Waals surface area (Å²) in [6.07, 6.45) is 7.80. The van der Waals surface area contributed by atoms with Gasteiger partial charge in [0.05, 0.1) is 0 Å². The van der Waals surface area contributed by atoms with Gasteiger partial charge in [-0.1, -0.05) is 12.5 Å². The number of rotatable bonds is 6. The van der Waals surface area contributed by atoms with Gasteiger partial charge in [-0.25, -0.2) is 4.98 Å². The van der Waals surface area contributed by atoms with Crippen molar-refractivity contribution in [1.82, 2.24) is 9.55 Å². The summed E-state index contributed by atoms with van der Waals surface area (Å²) in [5.74, 6) is 0.775. The third-order valence-electron chi connectivity index (χ3n) is 2.49. The molecular weight excluding hydrogens is 268 g/mol. The lowest BCUT2D eigenvalue weighted by atomic mass is 10.2. The van der Waals surface area contributed by atoms with E-state index in [2.05, 4.69) is 27.5 Å². The quantitative estimate of drug-likeness (QED) is 0.594. The van der Waals surface area contributed by atoms with Gasteiger partial charge in [-0.15, -0.1) is 6.58 Å². The first-order chi connectivity index (χ1) is 7.66. The summed E-state index contributed by atoms with van der Waals surface area (Å²) >= 11 is 3.20. The Balaban J connectivity index is 2.57. The first-order valence-corrected chi connectivity index (χ1v) is 6.29. The van der Waals surface area contributed by atoms with E-state index in [1.165, 1.54) is 0 Å². The number of hydrogen-bond donors (Lipinski definition) is 0. The van der Waals surface area contributed by atoms with Gasteiger partial charge in [-0.3, -0.25) is 9.36 Å². The van der Waals surface area contributed by atoms with Crippen molar-refractivity contribution in [3.63, 3.8) is 0 Å². The van der Waals surface area contributed by atoms with Gasteiger partial charge < -0.3 is 0 Å². The van der Waals surface area contributed by atoms with Crippen LogP contribution < -0.4 is 5.56 Å². The SMILES string of the molecule is C=CCCCCCn1c(C)ncc(Br)c1=O. The smallest absolute Gasteiger partial charge is 0.267 e. The lowest BCUT2D eigenvalue weighted by Crippen LogP contribution is -2.24. The first kappa shape index (κ1) is 13.2. The lowest BCUT2D eigenvalue weighted by Gasteiger charge is -2.08. The van der Waals surface area contributed by atoms with Crippen LogP contribution in [0.25, 0.3) is 0 Å². The maximum atomic E-state index is 11.8. The molecular formula is C12H17BrN2O. The Hall–Kier alpha value is -0.900. The van der Waals surface area contributed by atoms with Gasteiger partial charge >= 0.3 is 0 Å². The molecule has 0 N–H and O–H groups in total. The fraction of sp³-hybridized carbons (Fsp3) is 0.500. The Morgan fingerprint density at radius 2 is 2.25 bits per heavy atom. The highest BCUT2D eigenvalue weighted by molar-refractivity contribution is 9.10. The second-order valence-corrected chi connectivity index (χ2v) is 4.60. The molecule has 0 atom stereocenters. The van der Waals surface area contributed by atoms with Crippen molar-refractivity contribution in [2.24, 2.45) is 0 Å². The second kappa shape index (κ2) is 6.63. The van der Waals surface area contributed by atoms with Crippen molar-refractivity contribution < 1.29 is 0 Å². The van der Waals surface area contributed by atoms with Crippen LogP contribution in [0.3, 0.4) is 0 Å². The lowest BCUT2D eigenvalue weighted by molar-refractivity contribution is 0.555. The van der Waals surface area contributed by atoms with E-state index in [0.717, 1.165) is 38.1 Å². The molecule has 88 valence electrons. The van der Waals surface area contributed by atoms with E-state index in [4.69, 9.17) is 0 Å². The summed E-state index contributed by atoms with van der Waals surface area (Å²) in [6.45, 7) is 6.29. The van der Waals surface area contributed by atoms with Crippen LogP contribution in [0, 0.1) is 6.92 Å². The predicted molar refractivity (Wildman–Crippen MR) is 69.6 cm³/mol. The molecule has 0 radical (unpaired) electrons. The minimum atomic E-state index is 0.0104. The third-order valence-corrected chi connectivity index (χ3v) is 3.04. The van der Waals surface area contributed by atoms with Gasteiger partial charge in [-0.2, -0.15) is 0 Å².